The van der Waals surface area contributed by atoms with Gasteiger partial charge in [-0.3, -0.25) is 0 Å². The zero-order valence-electron chi connectivity index (χ0n) is 11.7. The van der Waals surface area contributed by atoms with E-state index in [0.717, 1.165) is 13.0 Å². The number of anilines is 3. The Morgan fingerprint density at radius 1 is 1.19 bits per heavy atom. The summed E-state index contributed by atoms with van der Waals surface area (Å²) in [6.45, 7) is 3.03. The van der Waals surface area contributed by atoms with E-state index in [2.05, 4.69) is 32.7 Å². The second-order valence-electron chi connectivity index (χ2n) is 4.55. The van der Waals surface area contributed by atoms with Crippen LogP contribution in [-0.2, 0) is 0 Å². The second-order valence-corrected chi connectivity index (χ2v) is 5.39. The molecule has 0 fully saturated rings. The van der Waals surface area contributed by atoms with E-state index in [1.54, 1.807) is 24.4 Å². The van der Waals surface area contributed by atoms with Crippen molar-refractivity contribution in [3.05, 3.63) is 34.4 Å². The maximum Gasteiger partial charge on any atom is 0.249 e. The van der Waals surface area contributed by atoms with Gasteiger partial charge in [-0.2, -0.15) is 10.1 Å². The van der Waals surface area contributed by atoms with Crippen molar-refractivity contribution in [3.63, 3.8) is 0 Å². The standard InChI is InChI=1S/C14H17Cl2N5/c1-2-3-4-7-17-13-9-18-21-14(20-13)19-12-8-10(15)5-6-11(12)16/h5-6,8-9H,2-4,7H2,1H3,(H2,17,19,20,21). The molecular formula is C14H17Cl2N5. The highest BCUT2D eigenvalue weighted by molar-refractivity contribution is 6.35. The van der Waals surface area contributed by atoms with Gasteiger partial charge in [0.25, 0.3) is 0 Å². The third-order valence-electron chi connectivity index (χ3n) is 2.82. The van der Waals surface area contributed by atoms with E-state index in [1.165, 1.54) is 12.8 Å². The minimum absolute atomic E-state index is 0.375. The molecule has 0 unspecified atom stereocenters. The minimum atomic E-state index is 0.375. The molecule has 0 atom stereocenters. The Labute approximate surface area is 134 Å². The van der Waals surface area contributed by atoms with Crippen LogP contribution in [-0.4, -0.2) is 21.7 Å². The zero-order chi connectivity index (χ0) is 15.1. The monoisotopic (exact) mass is 325 g/mol. The van der Waals surface area contributed by atoms with Crippen LogP contribution in [0.5, 0.6) is 0 Å². The van der Waals surface area contributed by atoms with Gasteiger partial charge in [0, 0.05) is 11.6 Å². The van der Waals surface area contributed by atoms with Crippen molar-refractivity contribution in [1.82, 2.24) is 15.2 Å². The van der Waals surface area contributed by atoms with Gasteiger partial charge in [0.1, 0.15) is 0 Å². The van der Waals surface area contributed by atoms with Gasteiger partial charge in [0.15, 0.2) is 5.82 Å². The van der Waals surface area contributed by atoms with E-state index >= 15 is 0 Å². The number of nitrogens with one attached hydrogen (secondary N) is 2. The largest absolute Gasteiger partial charge is 0.369 e. The molecule has 0 spiro atoms. The maximum atomic E-state index is 6.09. The lowest BCUT2D eigenvalue weighted by Crippen LogP contribution is -2.07. The highest BCUT2D eigenvalue weighted by Gasteiger charge is 2.05. The molecule has 2 N–H and O–H groups in total. The first kappa shape index (κ1) is 15.8. The van der Waals surface area contributed by atoms with E-state index in [4.69, 9.17) is 23.2 Å². The Kier molecular flexibility index (Phi) is 6.02. The number of hydrogen-bond acceptors (Lipinski definition) is 5. The third-order valence-corrected chi connectivity index (χ3v) is 3.38. The summed E-state index contributed by atoms with van der Waals surface area (Å²) in [7, 11) is 0. The van der Waals surface area contributed by atoms with Gasteiger partial charge in [-0.1, -0.05) is 43.0 Å². The summed E-state index contributed by atoms with van der Waals surface area (Å²) < 4.78 is 0. The Balaban J connectivity index is 2.02. The summed E-state index contributed by atoms with van der Waals surface area (Å²) in [6, 6.07) is 5.15. The molecule has 0 aliphatic heterocycles. The zero-order valence-corrected chi connectivity index (χ0v) is 13.2. The van der Waals surface area contributed by atoms with Crippen LogP contribution in [0, 0.1) is 0 Å². The number of benzene rings is 1. The van der Waals surface area contributed by atoms with E-state index in [9.17, 15) is 0 Å². The lowest BCUT2D eigenvalue weighted by molar-refractivity contribution is 0.741. The quantitative estimate of drug-likeness (QED) is 0.732. The number of aromatic nitrogens is 3. The molecule has 0 aliphatic carbocycles. The number of unbranched alkanes of at least 4 members (excludes halogenated alkanes) is 2. The molecule has 21 heavy (non-hydrogen) atoms. The lowest BCUT2D eigenvalue weighted by atomic mass is 10.2. The summed E-state index contributed by atoms with van der Waals surface area (Å²) >= 11 is 12.0. The summed E-state index contributed by atoms with van der Waals surface area (Å²) in [5, 5.41) is 15.2. The van der Waals surface area contributed by atoms with Crippen molar-refractivity contribution in [2.24, 2.45) is 0 Å². The number of nitrogens with zero attached hydrogens (tertiary/aromatic N) is 3. The molecule has 2 rings (SSSR count). The molecule has 0 saturated heterocycles. The summed E-state index contributed by atoms with van der Waals surface area (Å²) in [5.74, 6) is 1.06. The molecule has 0 bridgehead atoms. The summed E-state index contributed by atoms with van der Waals surface area (Å²) in [6.07, 6.45) is 5.07. The van der Waals surface area contributed by atoms with Gasteiger partial charge in [-0.05, 0) is 24.6 Å². The average molecular weight is 326 g/mol. The van der Waals surface area contributed by atoms with Crippen LogP contribution in [0.15, 0.2) is 24.4 Å². The average Bonchev–Trinajstić information content (AvgIpc) is 2.48. The Hall–Kier alpha value is -1.59. The van der Waals surface area contributed by atoms with E-state index in [-0.39, 0.29) is 0 Å². The third kappa shape index (κ3) is 5.02. The Morgan fingerprint density at radius 2 is 2.05 bits per heavy atom. The van der Waals surface area contributed by atoms with Crippen LogP contribution in [0.25, 0.3) is 0 Å². The van der Waals surface area contributed by atoms with Crippen molar-refractivity contribution in [3.8, 4) is 0 Å². The second kappa shape index (κ2) is 8.00. The van der Waals surface area contributed by atoms with Crippen molar-refractivity contribution >= 4 is 40.7 Å². The van der Waals surface area contributed by atoms with E-state index in [0.29, 0.717) is 27.5 Å². The normalized spacial score (nSPS) is 10.4. The fourth-order valence-electron chi connectivity index (χ4n) is 1.75. The van der Waals surface area contributed by atoms with Gasteiger partial charge in [0.05, 0.1) is 16.9 Å². The van der Waals surface area contributed by atoms with E-state index < -0.39 is 0 Å². The highest BCUT2D eigenvalue weighted by Crippen LogP contribution is 2.27. The van der Waals surface area contributed by atoms with Gasteiger partial charge < -0.3 is 10.6 Å². The maximum absolute atomic E-state index is 6.09. The molecule has 7 heteroatoms. The molecule has 0 aliphatic rings. The topological polar surface area (TPSA) is 62.7 Å². The molecule has 1 aromatic heterocycles. The fraction of sp³-hybridized carbons (Fsp3) is 0.357. The first-order valence-electron chi connectivity index (χ1n) is 6.84. The van der Waals surface area contributed by atoms with Crippen molar-refractivity contribution < 1.29 is 0 Å². The van der Waals surface area contributed by atoms with Crippen molar-refractivity contribution in [2.45, 2.75) is 26.2 Å². The number of rotatable bonds is 7. The van der Waals surface area contributed by atoms with Crippen molar-refractivity contribution in [2.75, 3.05) is 17.2 Å². The van der Waals surface area contributed by atoms with Gasteiger partial charge in [-0.25, -0.2) is 0 Å². The van der Waals surface area contributed by atoms with E-state index in [1.807, 2.05) is 0 Å². The van der Waals surface area contributed by atoms with Crippen LogP contribution in [0.3, 0.4) is 0 Å². The summed E-state index contributed by atoms with van der Waals surface area (Å²) in [4.78, 5) is 4.34. The van der Waals surface area contributed by atoms with Crippen LogP contribution in [0.2, 0.25) is 10.0 Å². The van der Waals surface area contributed by atoms with Gasteiger partial charge in [-0.15, -0.1) is 5.10 Å². The van der Waals surface area contributed by atoms with Gasteiger partial charge >= 0.3 is 0 Å². The lowest BCUT2D eigenvalue weighted by Gasteiger charge is -2.08. The van der Waals surface area contributed by atoms with Crippen molar-refractivity contribution in [1.29, 1.82) is 0 Å². The Morgan fingerprint density at radius 3 is 2.86 bits per heavy atom. The molecular weight excluding hydrogens is 309 g/mol. The highest BCUT2D eigenvalue weighted by atomic mass is 35.5. The molecule has 0 saturated carbocycles. The molecule has 1 aromatic carbocycles. The van der Waals surface area contributed by atoms with Crippen LogP contribution < -0.4 is 10.6 Å². The molecule has 112 valence electrons. The van der Waals surface area contributed by atoms with Crippen LogP contribution in [0.1, 0.15) is 26.2 Å². The predicted octanol–water partition coefficient (Wildman–Crippen LogP) is 4.52. The molecule has 2 aromatic rings. The van der Waals surface area contributed by atoms with Crippen LogP contribution in [0.4, 0.5) is 17.5 Å². The molecule has 0 amide bonds. The first-order valence-corrected chi connectivity index (χ1v) is 7.60. The first-order chi connectivity index (χ1) is 10.2. The van der Waals surface area contributed by atoms with Gasteiger partial charge in [0.2, 0.25) is 5.95 Å². The van der Waals surface area contributed by atoms with Crippen LogP contribution >= 0.6 is 23.2 Å². The SMILES string of the molecule is CCCCCNc1cnnc(Nc2cc(Cl)ccc2Cl)n1. The number of hydrogen-bond donors (Lipinski definition) is 2. The molecule has 5 nitrogen and oxygen atoms in total. The predicted molar refractivity (Wildman–Crippen MR) is 87.6 cm³/mol. The molecule has 0 radical (unpaired) electrons. The minimum Gasteiger partial charge on any atom is -0.369 e. The Bertz CT molecular complexity index is 591. The molecule has 1 heterocycles. The number of halogens is 2. The smallest absolute Gasteiger partial charge is 0.249 e. The summed E-state index contributed by atoms with van der Waals surface area (Å²) in [5.41, 5.74) is 0.647. The fourth-order valence-corrected chi connectivity index (χ4v) is 2.08.